The minimum atomic E-state index is -0.886. The molecule has 0 atom stereocenters. The van der Waals surface area contributed by atoms with Crippen molar-refractivity contribution in [3.8, 4) is 0 Å². The van der Waals surface area contributed by atoms with Crippen LogP contribution in [0.15, 0.2) is 29.8 Å². The SMILES string of the molecule is Cc1ccc(Cn2c(C(=O)O)c(CNC3CCC3)c3scnc32)cc1. The second-order valence-corrected chi connectivity index (χ2v) is 7.57. The van der Waals surface area contributed by atoms with Gasteiger partial charge in [0.15, 0.2) is 5.65 Å². The fourth-order valence-electron chi connectivity index (χ4n) is 3.31. The average molecular weight is 355 g/mol. The second-order valence-electron chi connectivity index (χ2n) is 6.72. The fraction of sp³-hybridized carbons (Fsp3) is 0.368. The molecule has 5 nitrogen and oxygen atoms in total. The zero-order valence-electron chi connectivity index (χ0n) is 14.2. The average Bonchev–Trinajstić information content (AvgIpc) is 3.10. The lowest BCUT2D eigenvalue weighted by Crippen LogP contribution is -2.34. The maximum absolute atomic E-state index is 12.0. The summed E-state index contributed by atoms with van der Waals surface area (Å²) >= 11 is 1.52. The highest BCUT2D eigenvalue weighted by molar-refractivity contribution is 7.17. The molecule has 2 N–H and O–H groups in total. The summed E-state index contributed by atoms with van der Waals surface area (Å²) in [6.45, 7) is 3.16. The van der Waals surface area contributed by atoms with E-state index in [0.717, 1.165) is 21.5 Å². The van der Waals surface area contributed by atoms with Crippen LogP contribution in [0.25, 0.3) is 10.3 Å². The molecule has 1 saturated carbocycles. The van der Waals surface area contributed by atoms with Gasteiger partial charge in [0, 0.05) is 24.7 Å². The van der Waals surface area contributed by atoms with Gasteiger partial charge in [-0.1, -0.05) is 36.2 Å². The summed E-state index contributed by atoms with van der Waals surface area (Å²) in [7, 11) is 0. The molecule has 2 heterocycles. The van der Waals surface area contributed by atoms with Crippen molar-refractivity contribution in [2.45, 2.75) is 45.3 Å². The van der Waals surface area contributed by atoms with Gasteiger partial charge in [0.1, 0.15) is 5.69 Å². The molecular weight excluding hydrogens is 334 g/mol. The predicted octanol–water partition coefficient (Wildman–Crippen LogP) is 3.79. The molecule has 6 heteroatoms. The Balaban J connectivity index is 1.73. The lowest BCUT2D eigenvalue weighted by atomic mass is 9.93. The molecule has 1 aliphatic carbocycles. The van der Waals surface area contributed by atoms with E-state index in [4.69, 9.17) is 0 Å². The van der Waals surface area contributed by atoms with Crippen LogP contribution in [-0.2, 0) is 13.1 Å². The number of aromatic carboxylic acids is 1. The molecule has 0 unspecified atom stereocenters. The third kappa shape index (κ3) is 3.07. The van der Waals surface area contributed by atoms with Gasteiger partial charge < -0.3 is 15.0 Å². The van der Waals surface area contributed by atoms with Gasteiger partial charge in [-0.25, -0.2) is 9.78 Å². The van der Waals surface area contributed by atoms with Crippen molar-refractivity contribution >= 4 is 27.7 Å². The molecule has 0 saturated heterocycles. The fourth-order valence-corrected chi connectivity index (χ4v) is 4.15. The third-order valence-corrected chi connectivity index (χ3v) is 5.85. The van der Waals surface area contributed by atoms with Crippen LogP contribution in [0.3, 0.4) is 0 Å². The van der Waals surface area contributed by atoms with Crippen molar-refractivity contribution in [3.05, 3.63) is 52.2 Å². The number of hydrogen-bond donors (Lipinski definition) is 2. The van der Waals surface area contributed by atoms with Gasteiger partial charge in [0.05, 0.1) is 10.2 Å². The van der Waals surface area contributed by atoms with Crippen LogP contribution >= 0.6 is 11.3 Å². The molecule has 1 aliphatic rings. The molecule has 0 radical (unpaired) electrons. The molecule has 1 fully saturated rings. The van der Waals surface area contributed by atoms with Gasteiger partial charge in [-0.15, -0.1) is 11.3 Å². The molecule has 2 aromatic heterocycles. The van der Waals surface area contributed by atoms with Gasteiger partial charge in [-0.2, -0.15) is 0 Å². The molecule has 0 spiro atoms. The van der Waals surface area contributed by atoms with Gasteiger partial charge in [0.25, 0.3) is 0 Å². The van der Waals surface area contributed by atoms with Crippen molar-refractivity contribution in [1.82, 2.24) is 14.9 Å². The van der Waals surface area contributed by atoms with E-state index in [9.17, 15) is 9.90 Å². The van der Waals surface area contributed by atoms with E-state index in [2.05, 4.69) is 22.4 Å². The Labute approximate surface area is 150 Å². The summed E-state index contributed by atoms with van der Waals surface area (Å²) in [6.07, 6.45) is 3.62. The van der Waals surface area contributed by atoms with Gasteiger partial charge >= 0.3 is 5.97 Å². The van der Waals surface area contributed by atoms with Crippen LogP contribution in [-0.4, -0.2) is 26.7 Å². The van der Waals surface area contributed by atoms with E-state index in [0.29, 0.717) is 24.8 Å². The predicted molar refractivity (Wildman–Crippen MR) is 99.3 cm³/mol. The van der Waals surface area contributed by atoms with Gasteiger partial charge in [0.2, 0.25) is 0 Å². The zero-order valence-corrected chi connectivity index (χ0v) is 15.0. The third-order valence-electron chi connectivity index (χ3n) is 4.97. The van der Waals surface area contributed by atoms with E-state index < -0.39 is 5.97 Å². The highest BCUT2D eigenvalue weighted by Crippen LogP contribution is 2.31. The highest BCUT2D eigenvalue weighted by atomic mass is 32.1. The maximum Gasteiger partial charge on any atom is 0.352 e. The second kappa shape index (κ2) is 6.61. The van der Waals surface area contributed by atoms with E-state index in [1.54, 1.807) is 5.51 Å². The summed E-state index contributed by atoms with van der Waals surface area (Å²) in [6, 6.07) is 8.72. The molecule has 25 heavy (non-hydrogen) atoms. The van der Waals surface area contributed by atoms with Crippen molar-refractivity contribution in [2.75, 3.05) is 0 Å². The molecule has 3 aromatic rings. The molecule has 0 amide bonds. The molecule has 1 aromatic carbocycles. The van der Waals surface area contributed by atoms with Crippen LogP contribution in [0.5, 0.6) is 0 Å². The molecule has 0 aliphatic heterocycles. The zero-order chi connectivity index (χ0) is 17.4. The van der Waals surface area contributed by atoms with Crippen molar-refractivity contribution in [2.24, 2.45) is 0 Å². The first kappa shape index (κ1) is 16.3. The molecular formula is C19H21N3O2S. The summed E-state index contributed by atoms with van der Waals surface area (Å²) in [4.78, 5) is 16.5. The molecule has 0 bridgehead atoms. The number of hydrogen-bond acceptors (Lipinski definition) is 4. The lowest BCUT2D eigenvalue weighted by molar-refractivity contribution is 0.0684. The Bertz CT molecular complexity index is 907. The van der Waals surface area contributed by atoms with Crippen LogP contribution in [0.1, 0.15) is 46.4 Å². The molecule has 130 valence electrons. The van der Waals surface area contributed by atoms with Crippen LogP contribution in [0, 0.1) is 6.92 Å². The Morgan fingerprint density at radius 1 is 1.36 bits per heavy atom. The first-order valence-corrected chi connectivity index (χ1v) is 9.48. The number of carboxylic acids is 1. The van der Waals surface area contributed by atoms with Crippen molar-refractivity contribution < 1.29 is 9.90 Å². The Hall–Kier alpha value is -2.18. The summed E-state index contributed by atoms with van der Waals surface area (Å²) in [5.41, 5.74) is 6.07. The largest absolute Gasteiger partial charge is 0.477 e. The number of aryl methyl sites for hydroxylation is 1. The van der Waals surface area contributed by atoms with Crippen LogP contribution in [0.4, 0.5) is 0 Å². The number of thiazole rings is 1. The number of nitrogens with one attached hydrogen (secondary N) is 1. The first-order chi connectivity index (χ1) is 12.1. The van der Waals surface area contributed by atoms with E-state index in [1.807, 2.05) is 23.6 Å². The quantitative estimate of drug-likeness (QED) is 0.706. The van der Waals surface area contributed by atoms with Crippen LogP contribution in [0.2, 0.25) is 0 Å². The lowest BCUT2D eigenvalue weighted by Gasteiger charge is -2.26. The van der Waals surface area contributed by atoms with Crippen LogP contribution < -0.4 is 5.32 Å². The van der Waals surface area contributed by atoms with Gasteiger partial charge in [-0.05, 0) is 25.3 Å². The summed E-state index contributed by atoms with van der Waals surface area (Å²) in [5, 5.41) is 13.4. The number of carboxylic acid groups (broad SMARTS) is 1. The topological polar surface area (TPSA) is 67.2 Å². The van der Waals surface area contributed by atoms with E-state index in [-0.39, 0.29) is 0 Å². The monoisotopic (exact) mass is 355 g/mol. The number of benzene rings is 1. The first-order valence-electron chi connectivity index (χ1n) is 8.60. The van der Waals surface area contributed by atoms with E-state index >= 15 is 0 Å². The van der Waals surface area contributed by atoms with Crippen molar-refractivity contribution in [3.63, 3.8) is 0 Å². The Kier molecular flexibility index (Phi) is 4.31. The van der Waals surface area contributed by atoms with Gasteiger partial charge in [-0.3, -0.25) is 0 Å². The Morgan fingerprint density at radius 2 is 2.12 bits per heavy atom. The summed E-state index contributed by atoms with van der Waals surface area (Å²) < 4.78 is 2.83. The normalized spacial score (nSPS) is 14.8. The van der Waals surface area contributed by atoms with E-state index in [1.165, 1.54) is 36.2 Å². The standard InChI is InChI=1S/C19H21N3O2S/c1-12-5-7-13(8-6-12)10-22-16(19(23)24)15(9-20-14-3-2-4-14)17-18(22)21-11-25-17/h5-8,11,14,20H,2-4,9-10H2,1H3,(H,23,24). The number of fused-ring (bicyclic) bond motifs is 1. The summed E-state index contributed by atoms with van der Waals surface area (Å²) in [5.74, 6) is -0.886. The minimum absolute atomic E-state index is 0.363. The number of nitrogens with zero attached hydrogens (tertiary/aromatic N) is 2. The number of rotatable bonds is 6. The van der Waals surface area contributed by atoms with Crippen molar-refractivity contribution in [1.29, 1.82) is 0 Å². The maximum atomic E-state index is 12.0. The number of carbonyl (C=O) groups is 1. The number of aromatic nitrogens is 2. The minimum Gasteiger partial charge on any atom is -0.477 e. The smallest absolute Gasteiger partial charge is 0.352 e. The molecule has 4 rings (SSSR count). The Morgan fingerprint density at radius 3 is 2.76 bits per heavy atom. The highest BCUT2D eigenvalue weighted by Gasteiger charge is 2.25.